The summed E-state index contributed by atoms with van der Waals surface area (Å²) in [5, 5.41) is 5.98. The van der Waals surface area contributed by atoms with E-state index in [4.69, 9.17) is 0 Å². The molecule has 0 saturated carbocycles. The second-order valence-electron chi connectivity index (χ2n) is 8.12. The number of rotatable bonds is 15. The van der Waals surface area contributed by atoms with E-state index in [-0.39, 0.29) is 17.5 Å². The average molecular weight is 405 g/mol. The summed E-state index contributed by atoms with van der Waals surface area (Å²) in [6, 6.07) is -0.213. The topological polar surface area (TPSA) is 64.7 Å². The molecule has 4 amide bonds. The summed E-state index contributed by atoms with van der Waals surface area (Å²) in [7, 11) is 0. The molecule has 0 aliphatic rings. The molecule has 0 aromatic heterocycles. The Labute approximate surface area is 177 Å². The molecule has 0 rings (SSSR count). The van der Waals surface area contributed by atoms with Gasteiger partial charge in [-0.05, 0) is 24.2 Å². The van der Waals surface area contributed by atoms with Crippen LogP contribution in [0.25, 0.3) is 0 Å². The van der Waals surface area contributed by atoms with Gasteiger partial charge in [0, 0.05) is 39.3 Å². The van der Waals surface area contributed by atoms with Crippen LogP contribution in [-0.2, 0) is 0 Å². The summed E-state index contributed by atoms with van der Waals surface area (Å²) < 4.78 is 0. The Bertz CT molecular complexity index is 537. The number of nitrogens with one attached hydrogen (secondary N) is 2. The number of hydrogen-bond donors (Lipinski definition) is 2. The second-order valence-corrected chi connectivity index (χ2v) is 8.12. The molecular weight excluding hydrogens is 364 g/mol. The lowest BCUT2D eigenvalue weighted by Crippen LogP contribution is -2.44. The summed E-state index contributed by atoms with van der Waals surface area (Å²) in [5.74, 6) is 0.335. The minimum absolute atomic E-state index is 0.0420. The van der Waals surface area contributed by atoms with Crippen molar-refractivity contribution in [3.63, 3.8) is 0 Å². The first kappa shape index (κ1) is 26.5. The summed E-state index contributed by atoms with van der Waals surface area (Å²) >= 11 is 0. The fourth-order valence-corrected chi connectivity index (χ4v) is 2.73. The maximum atomic E-state index is 12.3. The molecule has 0 aliphatic heterocycles. The van der Waals surface area contributed by atoms with Crippen LogP contribution in [0.4, 0.5) is 9.59 Å². The van der Waals surface area contributed by atoms with Crippen LogP contribution in [0.2, 0.25) is 0 Å². The van der Waals surface area contributed by atoms with E-state index in [1.807, 2.05) is 0 Å². The monoisotopic (exact) mass is 404 g/mol. The molecule has 29 heavy (non-hydrogen) atoms. The first-order chi connectivity index (χ1) is 13.7. The number of carbonyl (C=O) groups excluding carboxylic acids is 2. The summed E-state index contributed by atoms with van der Waals surface area (Å²) in [5.41, 5.74) is -0.0420. The molecule has 0 spiro atoms. The normalized spacial score (nSPS) is 11.7. The summed E-state index contributed by atoms with van der Waals surface area (Å²) in [4.78, 5) is 27.9. The van der Waals surface area contributed by atoms with Crippen LogP contribution in [0.15, 0.2) is 50.6 Å². The van der Waals surface area contributed by atoms with Gasteiger partial charge in [0.15, 0.2) is 0 Å². The van der Waals surface area contributed by atoms with Crippen molar-refractivity contribution in [2.24, 2.45) is 11.3 Å². The largest absolute Gasteiger partial charge is 0.338 e. The number of nitrogens with zero attached hydrogens (tertiary/aromatic N) is 2. The number of urea groups is 2. The van der Waals surface area contributed by atoms with E-state index in [2.05, 4.69) is 57.7 Å². The maximum absolute atomic E-state index is 12.3. The zero-order valence-corrected chi connectivity index (χ0v) is 18.6. The van der Waals surface area contributed by atoms with Crippen molar-refractivity contribution in [3.8, 4) is 0 Å². The van der Waals surface area contributed by atoms with E-state index in [1.54, 1.807) is 34.1 Å². The molecule has 164 valence electrons. The van der Waals surface area contributed by atoms with E-state index >= 15 is 0 Å². The maximum Gasteiger partial charge on any atom is 0.317 e. The first-order valence-corrected chi connectivity index (χ1v) is 10.2. The third-order valence-electron chi connectivity index (χ3n) is 4.61. The van der Waals surface area contributed by atoms with Gasteiger partial charge in [-0.15, -0.1) is 26.3 Å². The van der Waals surface area contributed by atoms with Crippen molar-refractivity contribution in [1.29, 1.82) is 0 Å². The highest BCUT2D eigenvalue weighted by Gasteiger charge is 2.21. The Kier molecular flexibility index (Phi) is 13.2. The molecule has 0 heterocycles. The number of carbonyl (C=O) groups is 2. The van der Waals surface area contributed by atoms with Crippen LogP contribution in [0.1, 0.15) is 33.6 Å². The van der Waals surface area contributed by atoms with Gasteiger partial charge in [0.2, 0.25) is 0 Å². The molecule has 0 saturated heterocycles. The van der Waals surface area contributed by atoms with Crippen molar-refractivity contribution in [3.05, 3.63) is 50.6 Å². The van der Waals surface area contributed by atoms with Gasteiger partial charge in [0.1, 0.15) is 0 Å². The average Bonchev–Trinajstić information content (AvgIpc) is 2.68. The van der Waals surface area contributed by atoms with E-state index in [0.717, 1.165) is 12.8 Å². The lowest BCUT2D eigenvalue weighted by molar-refractivity contribution is 0.197. The molecule has 0 aliphatic carbocycles. The summed E-state index contributed by atoms with van der Waals surface area (Å²) in [6.45, 7) is 24.3. The van der Waals surface area contributed by atoms with E-state index in [0.29, 0.717) is 45.2 Å². The Morgan fingerprint density at radius 2 is 1.28 bits per heavy atom. The van der Waals surface area contributed by atoms with Crippen LogP contribution < -0.4 is 10.6 Å². The quantitative estimate of drug-likeness (QED) is 0.402. The van der Waals surface area contributed by atoms with Gasteiger partial charge in [-0.1, -0.05) is 45.1 Å². The predicted octanol–water partition coefficient (Wildman–Crippen LogP) is 4.20. The molecular formula is C23H40N4O2. The van der Waals surface area contributed by atoms with E-state index in [1.165, 1.54) is 0 Å². The number of amides is 4. The third-order valence-corrected chi connectivity index (χ3v) is 4.61. The molecule has 0 radical (unpaired) electrons. The van der Waals surface area contributed by atoms with Gasteiger partial charge in [0.05, 0.1) is 0 Å². The summed E-state index contributed by atoms with van der Waals surface area (Å²) in [6.07, 6.45) is 8.71. The zero-order chi connectivity index (χ0) is 22.3. The van der Waals surface area contributed by atoms with E-state index in [9.17, 15) is 9.59 Å². The predicted molar refractivity (Wildman–Crippen MR) is 123 cm³/mol. The minimum atomic E-state index is -0.109. The Morgan fingerprint density at radius 1 is 0.862 bits per heavy atom. The lowest BCUT2D eigenvalue weighted by Gasteiger charge is -2.29. The molecule has 6 heteroatoms. The van der Waals surface area contributed by atoms with Gasteiger partial charge in [-0.25, -0.2) is 9.59 Å². The van der Waals surface area contributed by atoms with Gasteiger partial charge in [0.25, 0.3) is 0 Å². The van der Waals surface area contributed by atoms with Crippen molar-refractivity contribution >= 4 is 12.1 Å². The Morgan fingerprint density at radius 3 is 1.69 bits per heavy atom. The standard InChI is InChI=1S/C23H40N4O2/c1-8-14-26(15-9-2)21(28)24-18-20(5)12-13-23(6,7)19-25-22(29)27(16-10-3)17-11-4/h8-11,20H,1-4,12-19H2,5-7H3,(H,24,28)(H,25,29). The zero-order valence-electron chi connectivity index (χ0n) is 18.6. The van der Waals surface area contributed by atoms with Crippen molar-refractivity contribution < 1.29 is 9.59 Å². The van der Waals surface area contributed by atoms with Crippen LogP contribution in [-0.4, -0.2) is 61.1 Å². The van der Waals surface area contributed by atoms with Crippen LogP contribution in [0.5, 0.6) is 0 Å². The van der Waals surface area contributed by atoms with Gasteiger partial charge < -0.3 is 20.4 Å². The van der Waals surface area contributed by atoms with Crippen molar-refractivity contribution in [2.75, 3.05) is 39.3 Å². The number of hydrogen-bond acceptors (Lipinski definition) is 2. The fraction of sp³-hybridized carbons (Fsp3) is 0.565. The smallest absolute Gasteiger partial charge is 0.317 e. The first-order valence-electron chi connectivity index (χ1n) is 10.2. The molecule has 0 fully saturated rings. The van der Waals surface area contributed by atoms with Crippen LogP contribution in [0.3, 0.4) is 0 Å². The Balaban J connectivity index is 4.39. The molecule has 2 N–H and O–H groups in total. The van der Waals surface area contributed by atoms with Gasteiger partial charge in [-0.3, -0.25) is 0 Å². The van der Waals surface area contributed by atoms with Gasteiger partial charge in [-0.2, -0.15) is 0 Å². The van der Waals surface area contributed by atoms with Gasteiger partial charge >= 0.3 is 12.1 Å². The molecule has 0 aromatic carbocycles. The highest BCUT2D eigenvalue weighted by atomic mass is 16.2. The van der Waals surface area contributed by atoms with Crippen molar-refractivity contribution in [2.45, 2.75) is 33.6 Å². The molecule has 0 bridgehead atoms. The second kappa shape index (κ2) is 14.5. The van der Waals surface area contributed by atoms with E-state index < -0.39 is 0 Å². The molecule has 1 atom stereocenters. The molecule has 0 aromatic rings. The van der Waals surface area contributed by atoms with Crippen LogP contribution >= 0.6 is 0 Å². The molecule has 1 unspecified atom stereocenters. The van der Waals surface area contributed by atoms with Crippen LogP contribution in [0, 0.1) is 11.3 Å². The third kappa shape index (κ3) is 11.8. The Hall–Kier alpha value is -2.50. The molecule has 6 nitrogen and oxygen atoms in total. The highest BCUT2D eigenvalue weighted by Crippen LogP contribution is 2.24. The van der Waals surface area contributed by atoms with Crippen molar-refractivity contribution in [1.82, 2.24) is 20.4 Å². The minimum Gasteiger partial charge on any atom is -0.338 e. The lowest BCUT2D eigenvalue weighted by atomic mass is 9.85. The fourth-order valence-electron chi connectivity index (χ4n) is 2.73. The highest BCUT2D eigenvalue weighted by molar-refractivity contribution is 5.75. The SMILES string of the molecule is C=CCN(CC=C)C(=O)NCC(C)CCC(C)(C)CNC(=O)N(CC=C)CC=C.